The number of amides is 1. The van der Waals surface area contributed by atoms with Crippen LogP contribution in [0.2, 0.25) is 0 Å². The first-order valence-electron chi connectivity index (χ1n) is 7.93. The van der Waals surface area contributed by atoms with Crippen LogP contribution in [0.15, 0.2) is 0 Å². The average molecular weight is 267 g/mol. The lowest BCUT2D eigenvalue weighted by Crippen LogP contribution is -2.63. The van der Waals surface area contributed by atoms with Gasteiger partial charge in [0.05, 0.1) is 0 Å². The molecule has 1 amide bonds. The standard InChI is InChI=1S/C15H29N3O/c1-3-9-17-15(14(16)19,12-7-8-12)11-18-10-5-6-13(18)4-2/h12-13,17H,3-11H2,1-2H3,(H2,16,19). The smallest absolute Gasteiger partial charge is 0.239 e. The van der Waals surface area contributed by atoms with Gasteiger partial charge in [0.2, 0.25) is 5.91 Å². The Morgan fingerprint density at radius 3 is 2.63 bits per heavy atom. The lowest BCUT2D eigenvalue weighted by molar-refractivity contribution is -0.126. The van der Waals surface area contributed by atoms with Gasteiger partial charge < -0.3 is 11.1 Å². The van der Waals surface area contributed by atoms with E-state index in [0.717, 1.165) is 38.9 Å². The van der Waals surface area contributed by atoms with Crippen LogP contribution in [0.4, 0.5) is 0 Å². The molecule has 4 heteroatoms. The number of rotatable bonds is 8. The number of nitrogens with one attached hydrogen (secondary N) is 1. The SMILES string of the molecule is CCCNC(CN1CCCC1CC)(C(N)=O)C1CC1. The van der Waals surface area contributed by atoms with Crippen LogP contribution in [0.1, 0.15) is 52.4 Å². The maximum Gasteiger partial charge on any atom is 0.239 e. The molecule has 3 N–H and O–H groups in total. The Morgan fingerprint density at radius 1 is 1.37 bits per heavy atom. The summed E-state index contributed by atoms with van der Waals surface area (Å²) in [5, 5.41) is 3.50. The first-order chi connectivity index (χ1) is 9.14. The Hall–Kier alpha value is -0.610. The number of likely N-dealkylation sites (tertiary alicyclic amines) is 1. The summed E-state index contributed by atoms with van der Waals surface area (Å²) in [5.74, 6) is 0.305. The molecule has 1 aliphatic heterocycles. The fourth-order valence-corrected chi connectivity index (χ4v) is 3.51. The summed E-state index contributed by atoms with van der Waals surface area (Å²) in [6.45, 7) is 7.19. The molecule has 1 saturated heterocycles. The summed E-state index contributed by atoms with van der Waals surface area (Å²) in [6.07, 6.45) is 7.02. The number of nitrogens with two attached hydrogens (primary N) is 1. The molecule has 0 bridgehead atoms. The Labute approximate surface area is 117 Å². The summed E-state index contributed by atoms with van der Waals surface area (Å²) in [4.78, 5) is 14.6. The highest BCUT2D eigenvalue weighted by atomic mass is 16.1. The second-order valence-electron chi connectivity index (χ2n) is 6.21. The fraction of sp³-hybridized carbons (Fsp3) is 0.933. The molecule has 1 aliphatic carbocycles. The van der Waals surface area contributed by atoms with Crippen LogP contribution >= 0.6 is 0 Å². The van der Waals surface area contributed by atoms with Gasteiger partial charge in [-0.15, -0.1) is 0 Å². The molecule has 2 aliphatic rings. The summed E-state index contributed by atoms with van der Waals surface area (Å²) in [5.41, 5.74) is 5.31. The van der Waals surface area contributed by atoms with Crippen LogP contribution in [-0.2, 0) is 4.79 Å². The largest absolute Gasteiger partial charge is 0.368 e. The molecule has 2 rings (SSSR count). The normalized spacial score (nSPS) is 27.4. The van der Waals surface area contributed by atoms with Crippen molar-refractivity contribution in [3.05, 3.63) is 0 Å². The van der Waals surface area contributed by atoms with Gasteiger partial charge in [0.1, 0.15) is 5.54 Å². The van der Waals surface area contributed by atoms with Crippen molar-refractivity contribution in [1.29, 1.82) is 0 Å². The van der Waals surface area contributed by atoms with Crippen molar-refractivity contribution in [1.82, 2.24) is 10.2 Å². The van der Waals surface area contributed by atoms with Crippen molar-refractivity contribution in [2.75, 3.05) is 19.6 Å². The highest BCUT2D eigenvalue weighted by Crippen LogP contribution is 2.41. The lowest BCUT2D eigenvalue weighted by atomic mass is 9.90. The van der Waals surface area contributed by atoms with Crippen molar-refractivity contribution in [3.8, 4) is 0 Å². The van der Waals surface area contributed by atoms with Crippen LogP contribution in [0.25, 0.3) is 0 Å². The van der Waals surface area contributed by atoms with Crippen LogP contribution in [0.5, 0.6) is 0 Å². The summed E-state index contributed by atoms with van der Waals surface area (Å²) < 4.78 is 0. The predicted octanol–water partition coefficient (Wildman–Crippen LogP) is 1.49. The van der Waals surface area contributed by atoms with Crippen molar-refractivity contribution in [2.24, 2.45) is 11.7 Å². The molecule has 2 unspecified atom stereocenters. The summed E-state index contributed by atoms with van der Waals surface area (Å²) in [6, 6.07) is 0.640. The highest BCUT2D eigenvalue weighted by molar-refractivity contribution is 5.86. The molecule has 1 heterocycles. The molecule has 0 aromatic rings. The third-order valence-electron chi connectivity index (χ3n) is 4.83. The van der Waals surface area contributed by atoms with E-state index in [0.29, 0.717) is 12.0 Å². The molecule has 2 fully saturated rings. The zero-order valence-corrected chi connectivity index (χ0v) is 12.5. The minimum Gasteiger partial charge on any atom is -0.368 e. The summed E-state index contributed by atoms with van der Waals surface area (Å²) >= 11 is 0. The van der Waals surface area contributed by atoms with E-state index >= 15 is 0 Å². The number of primary amides is 1. The van der Waals surface area contributed by atoms with Crippen LogP contribution in [-0.4, -0.2) is 42.0 Å². The van der Waals surface area contributed by atoms with E-state index < -0.39 is 5.54 Å². The lowest BCUT2D eigenvalue weighted by Gasteiger charge is -2.38. The number of carbonyl (C=O) groups excluding carboxylic acids is 1. The van der Waals surface area contributed by atoms with Crippen LogP contribution in [0.3, 0.4) is 0 Å². The molecule has 110 valence electrons. The Kier molecular flexibility index (Phi) is 4.85. The molecule has 19 heavy (non-hydrogen) atoms. The van der Waals surface area contributed by atoms with E-state index in [4.69, 9.17) is 5.73 Å². The zero-order valence-electron chi connectivity index (χ0n) is 12.5. The van der Waals surface area contributed by atoms with E-state index in [1.165, 1.54) is 19.3 Å². The molecule has 2 atom stereocenters. The number of hydrogen-bond acceptors (Lipinski definition) is 3. The van der Waals surface area contributed by atoms with Gasteiger partial charge in [-0.3, -0.25) is 9.69 Å². The van der Waals surface area contributed by atoms with E-state index in [1.807, 2.05) is 0 Å². The van der Waals surface area contributed by atoms with Crippen LogP contribution in [0, 0.1) is 5.92 Å². The van der Waals surface area contributed by atoms with Crippen molar-refractivity contribution >= 4 is 5.91 Å². The summed E-state index contributed by atoms with van der Waals surface area (Å²) in [7, 11) is 0. The second kappa shape index (κ2) is 6.23. The first kappa shape index (κ1) is 14.8. The molecule has 0 spiro atoms. The fourth-order valence-electron chi connectivity index (χ4n) is 3.51. The predicted molar refractivity (Wildman–Crippen MR) is 77.8 cm³/mol. The topological polar surface area (TPSA) is 58.4 Å². The van der Waals surface area contributed by atoms with Gasteiger partial charge in [-0.2, -0.15) is 0 Å². The minimum atomic E-state index is -0.478. The van der Waals surface area contributed by atoms with Crippen LogP contribution < -0.4 is 11.1 Å². The van der Waals surface area contributed by atoms with Gasteiger partial charge in [0.15, 0.2) is 0 Å². The monoisotopic (exact) mass is 267 g/mol. The molecular weight excluding hydrogens is 238 g/mol. The van der Waals surface area contributed by atoms with Gasteiger partial charge >= 0.3 is 0 Å². The van der Waals surface area contributed by atoms with Gasteiger partial charge in [-0.05, 0) is 57.5 Å². The van der Waals surface area contributed by atoms with Gasteiger partial charge in [0, 0.05) is 12.6 Å². The third-order valence-corrected chi connectivity index (χ3v) is 4.83. The van der Waals surface area contributed by atoms with E-state index in [2.05, 4.69) is 24.1 Å². The van der Waals surface area contributed by atoms with E-state index in [-0.39, 0.29) is 5.91 Å². The molecule has 0 radical (unpaired) electrons. The molecular formula is C15H29N3O. The van der Waals surface area contributed by atoms with Crippen molar-refractivity contribution in [2.45, 2.75) is 64.0 Å². The van der Waals surface area contributed by atoms with Gasteiger partial charge in [-0.1, -0.05) is 13.8 Å². The molecule has 0 aromatic carbocycles. The van der Waals surface area contributed by atoms with E-state index in [1.54, 1.807) is 0 Å². The number of carbonyl (C=O) groups is 1. The molecule has 4 nitrogen and oxygen atoms in total. The average Bonchev–Trinajstić information content (AvgIpc) is 3.15. The Morgan fingerprint density at radius 2 is 2.11 bits per heavy atom. The molecule has 0 aromatic heterocycles. The first-order valence-corrected chi connectivity index (χ1v) is 7.93. The zero-order chi connectivity index (χ0) is 13.9. The van der Waals surface area contributed by atoms with Gasteiger partial charge in [-0.25, -0.2) is 0 Å². The van der Waals surface area contributed by atoms with Crippen molar-refractivity contribution in [3.63, 3.8) is 0 Å². The Balaban J connectivity index is 2.09. The van der Waals surface area contributed by atoms with Gasteiger partial charge in [0.25, 0.3) is 0 Å². The third kappa shape index (κ3) is 3.11. The second-order valence-corrected chi connectivity index (χ2v) is 6.21. The maximum atomic E-state index is 12.1. The number of hydrogen-bond donors (Lipinski definition) is 2. The minimum absolute atomic E-state index is 0.148. The van der Waals surface area contributed by atoms with E-state index in [9.17, 15) is 4.79 Å². The highest BCUT2D eigenvalue weighted by Gasteiger charge is 2.51. The Bertz CT molecular complexity index is 317. The van der Waals surface area contributed by atoms with Crippen molar-refractivity contribution < 1.29 is 4.79 Å². The number of nitrogens with zero attached hydrogens (tertiary/aromatic N) is 1. The molecule has 1 saturated carbocycles. The quantitative estimate of drug-likeness (QED) is 0.700. The maximum absolute atomic E-state index is 12.1.